The zero-order chi connectivity index (χ0) is 24.5. The predicted octanol–water partition coefficient (Wildman–Crippen LogP) is 4.70. The van der Waals surface area contributed by atoms with Crippen molar-refractivity contribution in [3.8, 4) is 0 Å². The number of imidazole rings is 1. The highest BCUT2D eigenvalue weighted by atomic mass is 16.4. The second kappa shape index (κ2) is 12.0. The molecule has 0 saturated heterocycles. The van der Waals surface area contributed by atoms with E-state index in [1.807, 2.05) is 36.4 Å². The molecule has 1 aromatic heterocycles. The quantitative estimate of drug-likeness (QED) is 0.279. The van der Waals surface area contributed by atoms with Crippen molar-refractivity contribution in [2.45, 2.75) is 32.5 Å². The van der Waals surface area contributed by atoms with Crippen LogP contribution < -0.4 is 11.0 Å². The number of carbonyl (C=O) groups is 1. The van der Waals surface area contributed by atoms with E-state index in [4.69, 9.17) is 5.11 Å². The van der Waals surface area contributed by atoms with Crippen molar-refractivity contribution >= 4 is 17.1 Å². The molecule has 35 heavy (non-hydrogen) atoms. The Bertz CT molecular complexity index is 1230. The van der Waals surface area contributed by atoms with Gasteiger partial charge in [-0.2, -0.15) is 0 Å². The van der Waals surface area contributed by atoms with Crippen molar-refractivity contribution in [3.63, 3.8) is 0 Å². The lowest BCUT2D eigenvalue weighted by molar-refractivity contribution is 0.190. The van der Waals surface area contributed by atoms with Gasteiger partial charge in [-0.1, -0.05) is 72.8 Å². The first-order valence-electron chi connectivity index (χ1n) is 12.0. The van der Waals surface area contributed by atoms with Crippen molar-refractivity contribution in [2.24, 2.45) is 5.92 Å². The number of hydrogen-bond acceptors (Lipinski definition) is 3. The number of rotatable bonds is 12. The molecule has 0 saturated carbocycles. The summed E-state index contributed by atoms with van der Waals surface area (Å²) >= 11 is 0. The summed E-state index contributed by atoms with van der Waals surface area (Å²) in [5, 5.41) is 11.7. The molecule has 3 N–H and O–H groups in total. The van der Waals surface area contributed by atoms with Gasteiger partial charge in [-0.25, -0.2) is 9.59 Å². The zero-order valence-corrected chi connectivity index (χ0v) is 19.8. The van der Waals surface area contributed by atoms with Crippen LogP contribution in [-0.4, -0.2) is 38.7 Å². The lowest BCUT2D eigenvalue weighted by atomic mass is 10.0. The van der Waals surface area contributed by atoms with Crippen molar-refractivity contribution in [2.75, 3.05) is 13.1 Å². The van der Waals surface area contributed by atoms with Crippen LogP contribution in [0.25, 0.3) is 11.0 Å². The van der Waals surface area contributed by atoms with Crippen LogP contribution in [0.4, 0.5) is 4.79 Å². The molecule has 182 valence electrons. The van der Waals surface area contributed by atoms with Crippen molar-refractivity contribution in [1.29, 1.82) is 0 Å². The minimum absolute atomic E-state index is 0.00157. The van der Waals surface area contributed by atoms with E-state index in [-0.39, 0.29) is 11.6 Å². The van der Waals surface area contributed by atoms with Crippen LogP contribution in [0.2, 0.25) is 0 Å². The van der Waals surface area contributed by atoms with Crippen LogP contribution in [0.5, 0.6) is 0 Å². The number of hydrogen-bond donors (Lipinski definition) is 3. The summed E-state index contributed by atoms with van der Waals surface area (Å²) in [5.41, 5.74) is 3.99. The molecule has 0 spiro atoms. The molecule has 0 radical (unpaired) electrons. The molecular formula is C28H32N4O3. The Hall–Kier alpha value is -3.84. The monoisotopic (exact) mass is 472 g/mol. The molecule has 7 heteroatoms. The second-order valence-corrected chi connectivity index (χ2v) is 8.93. The topological polar surface area (TPSA) is 90.4 Å². The third-order valence-corrected chi connectivity index (χ3v) is 6.25. The van der Waals surface area contributed by atoms with Crippen LogP contribution in [0.1, 0.15) is 24.0 Å². The van der Waals surface area contributed by atoms with Gasteiger partial charge in [-0.15, -0.1) is 0 Å². The highest BCUT2D eigenvalue weighted by Gasteiger charge is 2.16. The molecule has 1 atom stereocenters. The van der Waals surface area contributed by atoms with Crippen LogP contribution in [0, 0.1) is 5.92 Å². The molecule has 0 aliphatic heterocycles. The summed E-state index contributed by atoms with van der Waals surface area (Å²) in [7, 11) is 0. The standard InChI is InChI=1S/C28H32N4O3/c33-27-30-25-15-7-8-16-26(25)32(27)21-24(18-29-28(34)35)14-9-17-31(19-22-10-3-1-4-11-22)20-23-12-5-2-6-13-23/h1-8,10-13,15-16,24,29H,9,14,17-21H2,(H,30,33)(H,34,35)/t24-/m0/s1. The van der Waals surface area contributed by atoms with Crippen molar-refractivity contribution in [3.05, 3.63) is 107 Å². The molecule has 3 aromatic carbocycles. The van der Waals surface area contributed by atoms with E-state index in [2.05, 4.69) is 63.7 Å². The van der Waals surface area contributed by atoms with E-state index in [1.54, 1.807) is 4.57 Å². The van der Waals surface area contributed by atoms with E-state index in [9.17, 15) is 9.59 Å². The molecule has 0 unspecified atom stereocenters. The van der Waals surface area contributed by atoms with Crippen LogP contribution >= 0.6 is 0 Å². The Morgan fingerprint density at radius 1 is 0.914 bits per heavy atom. The summed E-state index contributed by atoms with van der Waals surface area (Å²) in [4.78, 5) is 29.1. The largest absolute Gasteiger partial charge is 0.465 e. The number of H-pyrrole nitrogens is 1. The molecule has 1 heterocycles. The first-order valence-corrected chi connectivity index (χ1v) is 12.0. The van der Waals surface area contributed by atoms with Gasteiger partial charge in [0.1, 0.15) is 0 Å². The molecule has 4 rings (SSSR count). The second-order valence-electron chi connectivity index (χ2n) is 8.93. The van der Waals surface area contributed by atoms with Gasteiger partial charge >= 0.3 is 11.8 Å². The number of amides is 1. The van der Waals surface area contributed by atoms with Crippen molar-refractivity contribution in [1.82, 2.24) is 19.8 Å². The first-order chi connectivity index (χ1) is 17.1. The van der Waals surface area contributed by atoms with E-state index in [1.165, 1.54) is 11.1 Å². The predicted molar refractivity (Wildman–Crippen MR) is 138 cm³/mol. The van der Waals surface area contributed by atoms with E-state index in [0.29, 0.717) is 13.1 Å². The van der Waals surface area contributed by atoms with E-state index < -0.39 is 6.09 Å². The first kappa shape index (κ1) is 24.3. The normalized spacial score (nSPS) is 12.1. The Labute approximate surface area is 205 Å². The maximum atomic E-state index is 12.6. The molecule has 4 aromatic rings. The van der Waals surface area contributed by atoms with Gasteiger partial charge in [0, 0.05) is 26.2 Å². The fourth-order valence-electron chi connectivity index (χ4n) is 4.54. The molecule has 1 amide bonds. The molecule has 0 fully saturated rings. The number of aromatic nitrogens is 2. The van der Waals surface area contributed by atoms with Gasteiger partial charge in [-0.05, 0) is 48.6 Å². The highest BCUT2D eigenvalue weighted by molar-refractivity contribution is 5.74. The zero-order valence-electron chi connectivity index (χ0n) is 19.8. The number of carboxylic acid groups (broad SMARTS) is 1. The summed E-state index contributed by atoms with van der Waals surface area (Å²) in [6, 6.07) is 28.4. The number of benzene rings is 3. The van der Waals surface area contributed by atoms with Gasteiger partial charge < -0.3 is 15.4 Å². The number of aromatic amines is 1. The van der Waals surface area contributed by atoms with Gasteiger partial charge in [0.25, 0.3) is 0 Å². The van der Waals surface area contributed by atoms with Gasteiger partial charge in [0.15, 0.2) is 0 Å². The number of para-hydroxylation sites is 2. The minimum atomic E-state index is -1.05. The Morgan fingerprint density at radius 2 is 1.51 bits per heavy atom. The van der Waals surface area contributed by atoms with Gasteiger partial charge in [0.05, 0.1) is 11.0 Å². The van der Waals surface area contributed by atoms with E-state index >= 15 is 0 Å². The van der Waals surface area contributed by atoms with Crippen LogP contribution in [0.3, 0.4) is 0 Å². The smallest absolute Gasteiger partial charge is 0.404 e. The summed E-state index contributed by atoms with van der Waals surface area (Å²) < 4.78 is 1.72. The van der Waals surface area contributed by atoms with Crippen LogP contribution in [0.15, 0.2) is 89.7 Å². The molecule has 0 aliphatic carbocycles. The maximum absolute atomic E-state index is 12.6. The third kappa shape index (κ3) is 7.07. The SMILES string of the molecule is O=C(O)NC[C@H](CCCN(Cc1ccccc1)Cc1ccccc1)Cn1c(=O)[nH]c2ccccc21. The van der Waals surface area contributed by atoms with E-state index in [0.717, 1.165) is 43.5 Å². The molecule has 0 bridgehead atoms. The molecule has 0 aliphatic rings. The molecule has 7 nitrogen and oxygen atoms in total. The summed E-state index contributed by atoms with van der Waals surface area (Å²) in [6.07, 6.45) is 0.644. The van der Waals surface area contributed by atoms with Gasteiger partial charge in [-0.3, -0.25) is 9.47 Å². The highest BCUT2D eigenvalue weighted by Crippen LogP contribution is 2.16. The number of fused-ring (bicyclic) bond motifs is 1. The average molecular weight is 473 g/mol. The average Bonchev–Trinajstić information content (AvgIpc) is 3.18. The molecular weight excluding hydrogens is 440 g/mol. The maximum Gasteiger partial charge on any atom is 0.404 e. The summed E-state index contributed by atoms with van der Waals surface area (Å²) in [5.74, 6) is -0.00157. The minimum Gasteiger partial charge on any atom is -0.465 e. The van der Waals surface area contributed by atoms with Crippen molar-refractivity contribution < 1.29 is 9.90 Å². The van der Waals surface area contributed by atoms with Crippen LogP contribution in [-0.2, 0) is 19.6 Å². The Balaban J connectivity index is 1.43. The fourth-order valence-corrected chi connectivity index (χ4v) is 4.54. The lowest BCUT2D eigenvalue weighted by Crippen LogP contribution is -2.33. The van der Waals surface area contributed by atoms with Gasteiger partial charge in [0.2, 0.25) is 0 Å². The number of nitrogens with zero attached hydrogens (tertiary/aromatic N) is 2. The lowest BCUT2D eigenvalue weighted by Gasteiger charge is -2.24. The Morgan fingerprint density at radius 3 is 2.14 bits per heavy atom. The fraction of sp³-hybridized carbons (Fsp3) is 0.286. The third-order valence-electron chi connectivity index (χ3n) is 6.25. The summed E-state index contributed by atoms with van der Waals surface area (Å²) in [6.45, 7) is 3.32. The number of nitrogens with one attached hydrogen (secondary N) is 2. The Kier molecular flexibility index (Phi) is 8.35.